The normalized spacial score (nSPS) is 24.9. The van der Waals surface area contributed by atoms with Crippen LogP contribution < -0.4 is 5.32 Å². The van der Waals surface area contributed by atoms with Gasteiger partial charge in [-0.2, -0.15) is 0 Å². The van der Waals surface area contributed by atoms with Crippen molar-refractivity contribution in [1.82, 2.24) is 10.2 Å². The summed E-state index contributed by atoms with van der Waals surface area (Å²) < 4.78 is 13.5. The molecule has 1 aromatic rings. The van der Waals surface area contributed by atoms with Crippen molar-refractivity contribution >= 4 is 0 Å². The Bertz CT molecular complexity index is 388. The second-order valence-electron chi connectivity index (χ2n) is 4.81. The van der Waals surface area contributed by atoms with E-state index in [1.54, 1.807) is 6.07 Å². The predicted octanol–water partition coefficient (Wildman–Crippen LogP) is 1.55. The van der Waals surface area contributed by atoms with Gasteiger partial charge in [-0.15, -0.1) is 0 Å². The third-order valence-corrected chi connectivity index (χ3v) is 3.68. The lowest BCUT2D eigenvalue weighted by atomic mass is 9.94. The smallest absolute Gasteiger partial charge is 0.127 e. The zero-order chi connectivity index (χ0) is 11.0. The van der Waals surface area contributed by atoms with Crippen LogP contribution in [0.4, 0.5) is 4.39 Å². The summed E-state index contributed by atoms with van der Waals surface area (Å²) in [5, 5.41) is 3.43. The minimum absolute atomic E-state index is 0.0626. The van der Waals surface area contributed by atoms with Crippen LogP contribution in [0.25, 0.3) is 0 Å². The van der Waals surface area contributed by atoms with Crippen LogP contribution >= 0.6 is 0 Å². The van der Waals surface area contributed by atoms with Crippen LogP contribution in [-0.2, 0) is 13.0 Å². The number of rotatable bonds is 2. The molecule has 1 saturated heterocycles. The van der Waals surface area contributed by atoms with Crippen LogP contribution in [-0.4, -0.2) is 30.6 Å². The van der Waals surface area contributed by atoms with E-state index in [1.165, 1.54) is 25.1 Å². The van der Waals surface area contributed by atoms with E-state index in [4.69, 9.17) is 0 Å². The Balaban J connectivity index is 1.70. The van der Waals surface area contributed by atoms with Gasteiger partial charge in [-0.3, -0.25) is 0 Å². The molecule has 1 aromatic carbocycles. The van der Waals surface area contributed by atoms with Gasteiger partial charge in [-0.05, 0) is 37.6 Å². The summed E-state index contributed by atoms with van der Waals surface area (Å²) in [4.78, 5) is 2.46. The Morgan fingerprint density at radius 2 is 2.25 bits per heavy atom. The van der Waals surface area contributed by atoms with E-state index in [0.717, 1.165) is 18.5 Å². The van der Waals surface area contributed by atoms with Gasteiger partial charge in [0.05, 0.1) is 0 Å². The van der Waals surface area contributed by atoms with Crippen LogP contribution in [0.1, 0.15) is 17.5 Å². The number of nitrogens with one attached hydrogen (secondary N) is 1. The van der Waals surface area contributed by atoms with Crippen LogP contribution in [0.5, 0.6) is 0 Å². The minimum Gasteiger partial charge on any atom is -0.308 e. The molecule has 0 bridgehead atoms. The van der Waals surface area contributed by atoms with Gasteiger partial charge >= 0.3 is 0 Å². The lowest BCUT2D eigenvalue weighted by molar-refractivity contribution is 0.158. The van der Waals surface area contributed by atoms with E-state index in [0.29, 0.717) is 12.6 Å². The van der Waals surface area contributed by atoms with Crippen LogP contribution in [0.2, 0.25) is 0 Å². The van der Waals surface area contributed by atoms with Gasteiger partial charge in [-0.1, -0.05) is 12.1 Å². The predicted molar refractivity (Wildman–Crippen MR) is 61.8 cm³/mol. The van der Waals surface area contributed by atoms with Gasteiger partial charge in [-0.25, -0.2) is 4.39 Å². The highest BCUT2D eigenvalue weighted by Gasteiger charge is 2.24. The first-order valence-electron chi connectivity index (χ1n) is 6.05. The minimum atomic E-state index is -0.0626. The van der Waals surface area contributed by atoms with Crippen molar-refractivity contribution in [2.75, 3.05) is 19.6 Å². The maximum absolute atomic E-state index is 13.5. The molecule has 0 radical (unpaired) electrons. The zero-order valence-corrected chi connectivity index (χ0v) is 9.38. The topological polar surface area (TPSA) is 15.3 Å². The molecule has 0 spiro atoms. The summed E-state index contributed by atoms with van der Waals surface area (Å²) in [6, 6.07) is 5.92. The molecule has 2 aliphatic heterocycles. The first-order chi connectivity index (χ1) is 7.83. The molecule has 1 atom stereocenters. The summed E-state index contributed by atoms with van der Waals surface area (Å²) in [6.07, 6.45) is 2.29. The van der Waals surface area contributed by atoms with Crippen molar-refractivity contribution in [3.63, 3.8) is 0 Å². The standard InChI is InChI=1S/C13H17FN2/c14-13-4-1-3-10-7-11(15-8-12(10)13)9-16-5-2-6-16/h1,3-4,11,15H,2,5-9H2. The van der Waals surface area contributed by atoms with Crippen molar-refractivity contribution in [2.24, 2.45) is 0 Å². The molecular formula is C13H17FN2. The Hall–Kier alpha value is -0.930. The fourth-order valence-corrected chi connectivity index (χ4v) is 2.58. The summed E-state index contributed by atoms with van der Waals surface area (Å²) in [5.41, 5.74) is 2.05. The number of hydrogen-bond acceptors (Lipinski definition) is 2. The Kier molecular flexibility index (Phi) is 2.65. The van der Waals surface area contributed by atoms with Crippen molar-refractivity contribution in [3.8, 4) is 0 Å². The van der Waals surface area contributed by atoms with E-state index in [-0.39, 0.29) is 5.82 Å². The fraction of sp³-hybridized carbons (Fsp3) is 0.538. The van der Waals surface area contributed by atoms with Crippen LogP contribution in [0.3, 0.4) is 0 Å². The third-order valence-electron chi connectivity index (χ3n) is 3.68. The molecule has 86 valence electrons. The molecule has 0 aromatic heterocycles. The van der Waals surface area contributed by atoms with E-state index >= 15 is 0 Å². The molecule has 2 heterocycles. The highest BCUT2D eigenvalue weighted by atomic mass is 19.1. The Labute approximate surface area is 95.4 Å². The lowest BCUT2D eigenvalue weighted by Crippen LogP contribution is -2.49. The monoisotopic (exact) mass is 220 g/mol. The average Bonchev–Trinajstić information content (AvgIpc) is 2.24. The van der Waals surface area contributed by atoms with Crippen LogP contribution in [0, 0.1) is 5.82 Å². The molecule has 1 fully saturated rings. The Morgan fingerprint density at radius 3 is 3.00 bits per heavy atom. The molecule has 3 rings (SSSR count). The highest BCUT2D eigenvalue weighted by Crippen LogP contribution is 2.20. The Morgan fingerprint density at radius 1 is 1.38 bits per heavy atom. The summed E-state index contributed by atoms with van der Waals surface area (Å²) >= 11 is 0. The van der Waals surface area contributed by atoms with E-state index in [2.05, 4.69) is 16.3 Å². The summed E-state index contributed by atoms with van der Waals surface area (Å²) in [6.45, 7) is 4.25. The van der Waals surface area contributed by atoms with E-state index in [9.17, 15) is 4.39 Å². The highest BCUT2D eigenvalue weighted by molar-refractivity contribution is 5.31. The number of fused-ring (bicyclic) bond motifs is 1. The van der Waals surface area contributed by atoms with Gasteiger partial charge < -0.3 is 10.2 Å². The lowest BCUT2D eigenvalue weighted by Gasteiger charge is -2.36. The van der Waals surface area contributed by atoms with Gasteiger partial charge in [0.2, 0.25) is 0 Å². The molecule has 0 aliphatic carbocycles. The molecule has 1 N–H and O–H groups in total. The maximum Gasteiger partial charge on any atom is 0.127 e. The molecule has 2 nitrogen and oxygen atoms in total. The van der Waals surface area contributed by atoms with Crippen molar-refractivity contribution in [2.45, 2.75) is 25.4 Å². The number of nitrogens with zero attached hydrogens (tertiary/aromatic N) is 1. The summed E-state index contributed by atoms with van der Waals surface area (Å²) in [5.74, 6) is -0.0626. The van der Waals surface area contributed by atoms with E-state index in [1.807, 2.05) is 6.07 Å². The second-order valence-corrected chi connectivity index (χ2v) is 4.81. The summed E-state index contributed by atoms with van der Waals surface area (Å²) in [7, 11) is 0. The van der Waals surface area contributed by atoms with Crippen molar-refractivity contribution < 1.29 is 4.39 Å². The molecular weight excluding hydrogens is 203 g/mol. The van der Waals surface area contributed by atoms with Crippen molar-refractivity contribution in [3.05, 3.63) is 35.1 Å². The maximum atomic E-state index is 13.5. The number of halogens is 1. The van der Waals surface area contributed by atoms with Gasteiger partial charge in [0, 0.05) is 24.7 Å². The average molecular weight is 220 g/mol. The van der Waals surface area contributed by atoms with Crippen molar-refractivity contribution in [1.29, 1.82) is 0 Å². The fourth-order valence-electron chi connectivity index (χ4n) is 2.58. The van der Waals surface area contributed by atoms with Crippen LogP contribution in [0.15, 0.2) is 18.2 Å². The number of benzene rings is 1. The van der Waals surface area contributed by atoms with Gasteiger partial charge in [0.15, 0.2) is 0 Å². The second kappa shape index (κ2) is 4.15. The number of likely N-dealkylation sites (tertiary alicyclic amines) is 1. The first kappa shape index (κ1) is 10.2. The first-order valence-corrected chi connectivity index (χ1v) is 6.05. The van der Waals surface area contributed by atoms with Gasteiger partial charge in [0.25, 0.3) is 0 Å². The zero-order valence-electron chi connectivity index (χ0n) is 9.38. The third kappa shape index (κ3) is 1.85. The molecule has 16 heavy (non-hydrogen) atoms. The molecule has 0 amide bonds. The molecule has 1 unspecified atom stereocenters. The number of hydrogen-bond donors (Lipinski definition) is 1. The molecule has 2 aliphatic rings. The van der Waals surface area contributed by atoms with Gasteiger partial charge in [0.1, 0.15) is 5.82 Å². The SMILES string of the molecule is Fc1cccc2c1CNC(CN1CCC1)C2. The quantitative estimate of drug-likeness (QED) is 0.813. The molecule has 0 saturated carbocycles. The largest absolute Gasteiger partial charge is 0.308 e. The van der Waals surface area contributed by atoms with E-state index < -0.39 is 0 Å². The molecule has 3 heteroatoms.